The van der Waals surface area contributed by atoms with Crippen LogP contribution in [0.3, 0.4) is 0 Å². The maximum Gasteiger partial charge on any atom is 0.401 e. The van der Waals surface area contributed by atoms with E-state index >= 15 is 0 Å². The zero-order valence-electron chi connectivity index (χ0n) is 17.8. The van der Waals surface area contributed by atoms with E-state index in [2.05, 4.69) is 46.4 Å². The summed E-state index contributed by atoms with van der Waals surface area (Å²) in [5, 5.41) is 4.83. The monoisotopic (exact) mass is 388 g/mol. The quantitative estimate of drug-likeness (QED) is 0.757. The van der Waals surface area contributed by atoms with Crippen LogP contribution in [0.1, 0.15) is 64.4 Å². The van der Waals surface area contributed by atoms with Gasteiger partial charge in [-0.2, -0.15) is 18.3 Å². The van der Waals surface area contributed by atoms with Crippen molar-refractivity contribution >= 4 is 0 Å². The second-order valence-electron chi connectivity index (χ2n) is 9.28. The van der Waals surface area contributed by atoms with E-state index in [-0.39, 0.29) is 5.41 Å². The number of halogens is 3. The van der Waals surface area contributed by atoms with Gasteiger partial charge in [0.2, 0.25) is 0 Å². The number of aromatic nitrogens is 2. The van der Waals surface area contributed by atoms with Crippen LogP contribution >= 0.6 is 0 Å². The van der Waals surface area contributed by atoms with Gasteiger partial charge in [-0.05, 0) is 11.8 Å². The highest BCUT2D eigenvalue weighted by Crippen LogP contribution is 2.36. The topological polar surface area (TPSA) is 24.3 Å². The minimum atomic E-state index is -4.12. The van der Waals surface area contributed by atoms with Gasteiger partial charge in [0.05, 0.1) is 12.2 Å². The van der Waals surface area contributed by atoms with Gasteiger partial charge in [0.1, 0.15) is 0 Å². The Kier molecular flexibility index (Phi) is 6.67. The predicted octanol–water partition coefficient (Wildman–Crippen LogP) is 4.16. The fourth-order valence-electron chi connectivity index (χ4n) is 3.98. The molecule has 0 saturated carbocycles. The van der Waals surface area contributed by atoms with E-state index in [4.69, 9.17) is 5.10 Å². The molecule has 0 N–H and O–H groups in total. The van der Waals surface area contributed by atoms with Crippen LogP contribution in [0.15, 0.2) is 0 Å². The zero-order valence-corrected chi connectivity index (χ0v) is 17.8. The molecule has 0 bridgehead atoms. The van der Waals surface area contributed by atoms with Gasteiger partial charge in [-0.3, -0.25) is 14.5 Å². The number of hydrogen-bond acceptors (Lipinski definition) is 3. The minimum absolute atomic E-state index is 0.0100. The Morgan fingerprint density at radius 3 is 1.93 bits per heavy atom. The van der Waals surface area contributed by atoms with Crippen LogP contribution in [0, 0.1) is 5.92 Å². The summed E-state index contributed by atoms with van der Waals surface area (Å²) in [4.78, 5) is 3.73. The molecular weight excluding hydrogens is 353 g/mol. The molecule has 1 saturated heterocycles. The first-order valence-corrected chi connectivity index (χ1v) is 9.87. The first-order valence-electron chi connectivity index (χ1n) is 9.87. The van der Waals surface area contributed by atoms with Gasteiger partial charge in [0.25, 0.3) is 0 Å². The summed E-state index contributed by atoms with van der Waals surface area (Å²) in [6.45, 7) is 15.4. The molecule has 0 aliphatic carbocycles. The molecule has 156 valence electrons. The van der Waals surface area contributed by atoms with Gasteiger partial charge in [0.15, 0.2) is 0 Å². The van der Waals surface area contributed by atoms with Crippen LogP contribution in [0.25, 0.3) is 0 Å². The van der Waals surface area contributed by atoms with Crippen LogP contribution in [-0.4, -0.2) is 58.5 Å². The number of aryl methyl sites for hydroxylation is 1. The van der Waals surface area contributed by atoms with Crippen LogP contribution < -0.4 is 0 Å². The first-order chi connectivity index (χ1) is 12.3. The third-order valence-corrected chi connectivity index (χ3v) is 5.57. The summed E-state index contributed by atoms with van der Waals surface area (Å²) >= 11 is 0. The van der Waals surface area contributed by atoms with Crippen molar-refractivity contribution in [2.24, 2.45) is 13.0 Å². The summed E-state index contributed by atoms with van der Waals surface area (Å²) in [6, 6.07) is 0. The summed E-state index contributed by atoms with van der Waals surface area (Å²) in [5.41, 5.74) is 3.64. The molecule has 1 aromatic rings. The molecule has 0 amide bonds. The molecule has 0 spiro atoms. The summed E-state index contributed by atoms with van der Waals surface area (Å²) < 4.78 is 39.8. The van der Waals surface area contributed by atoms with Crippen molar-refractivity contribution in [1.82, 2.24) is 19.6 Å². The van der Waals surface area contributed by atoms with E-state index in [1.165, 1.54) is 16.2 Å². The molecule has 1 aliphatic heterocycles. The molecule has 0 radical (unpaired) electrons. The van der Waals surface area contributed by atoms with Gasteiger partial charge >= 0.3 is 6.18 Å². The number of nitrogens with zero attached hydrogens (tertiary/aromatic N) is 4. The predicted molar refractivity (Wildman–Crippen MR) is 103 cm³/mol. The SMILES string of the molecule is CC(C)[C@H](C)c1c(CN2CCN(CC(F)(F)F)CC2)nn(C)c1C(C)(C)C. The minimum Gasteiger partial charge on any atom is -0.295 e. The molecule has 1 fully saturated rings. The van der Waals surface area contributed by atoms with Crippen LogP contribution in [0.5, 0.6) is 0 Å². The van der Waals surface area contributed by atoms with E-state index in [1.54, 1.807) is 0 Å². The number of alkyl halides is 3. The Labute approximate surface area is 161 Å². The van der Waals surface area contributed by atoms with E-state index in [1.807, 2.05) is 11.7 Å². The molecule has 1 aliphatic rings. The van der Waals surface area contributed by atoms with Crippen LogP contribution in [0.2, 0.25) is 0 Å². The van der Waals surface area contributed by atoms with Crippen LogP contribution in [0.4, 0.5) is 13.2 Å². The van der Waals surface area contributed by atoms with Gasteiger partial charge < -0.3 is 0 Å². The molecule has 1 atom stereocenters. The zero-order chi connectivity index (χ0) is 20.6. The molecule has 2 rings (SSSR count). The number of piperazine rings is 1. The highest BCUT2D eigenvalue weighted by molar-refractivity contribution is 5.35. The molecule has 27 heavy (non-hydrogen) atoms. The van der Waals surface area contributed by atoms with Crippen LogP contribution in [-0.2, 0) is 19.0 Å². The third kappa shape index (κ3) is 5.70. The number of hydrogen-bond donors (Lipinski definition) is 0. The van der Waals surface area contributed by atoms with Gasteiger partial charge in [-0.1, -0.05) is 41.5 Å². The van der Waals surface area contributed by atoms with E-state index in [9.17, 15) is 13.2 Å². The van der Waals surface area contributed by atoms with Crippen molar-refractivity contribution in [2.75, 3.05) is 32.7 Å². The van der Waals surface area contributed by atoms with E-state index in [0.717, 1.165) is 5.69 Å². The highest BCUT2D eigenvalue weighted by Gasteiger charge is 2.34. The Morgan fingerprint density at radius 1 is 0.963 bits per heavy atom. The summed E-state index contributed by atoms with van der Waals surface area (Å²) in [7, 11) is 2.00. The second kappa shape index (κ2) is 8.11. The Hall–Kier alpha value is -1.08. The molecule has 7 heteroatoms. The van der Waals surface area contributed by atoms with E-state index < -0.39 is 12.7 Å². The lowest BCUT2D eigenvalue weighted by Gasteiger charge is -2.35. The summed E-state index contributed by atoms with van der Waals surface area (Å²) in [5.74, 6) is 0.882. The van der Waals surface area contributed by atoms with Crippen molar-refractivity contribution in [3.63, 3.8) is 0 Å². The molecule has 0 unspecified atom stereocenters. The molecule has 1 aromatic heterocycles. The molecular formula is C20H35F3N4. The lowest BCUT2D eigenvalue weighted by molar-refractivity contribution is -0.149. The second-order valence-corrected chi connectivity index (χ2v) is 9.28. The lowest BCUT2D eigenvalue weighted by atomic mass is 9.80. The Bertz CT molecular complexity index is 620. The summed E-state index contributed by atoms with van der Waals surface area (Å²) in [6.07, 6.45) is -4.12. The molecule has 0 aromatic carbocycles. The maximum atomic E-state index is 12.6. The maximum absolute atomic E-state index is 12.6. The van der Waals surface area contributed by atoms with Crippen molar-refractivity contribution in [1.29, 1.82) is 0 Å². The first kappa shape index (κ1) is 22.2. The average molecular weight is 389 g/mol. The average Bonchev–Trinajstić information content (AvgIpc) is 2.83. The fraction of sp³-hybridized carbons (Fsp3) is 0.850. The molecule has 4 nitrogen and oxygen atoms in total. The van der Waals surface area contributed by atoms with Crippen molar-refractivity contribution in [3.8, 4) is 0 Å². The lowest BCUT2D eigenvalue weighted by Crippen LogP contribution is -2.48. The van der Waals surface area contributed by atoms with E-state index in [0.29, 0.717) is 44.6 Å². The van der Waals surface area contributed by atoms with Gasteiger partial charge in [-0.15, -0.1) is 0 Å². The standard InChI is InChI=1S/C20H35F3N4/c1-14(2)15(3)17-16(24-25(7)18(17)19(4,5)6)12-26-8-10-27(11-9-26)13-20(21,22)23/h14-15H,8-13H2,1-7H3/t15-/m0/s1. The van der Waals surface area contributed by atoms with Crippen molar-refractivity contribution in [3.05, 3.63) is 17.0 Å². The normalized spacial score (nSPS) is 19.1. The third-order valence-electron chi connectivity index (χ3n) is 5.57. The van der Waals surface area contributed by atoms with Crippen molar-refractivity contribution in [2.45, 2.75) is 65.6 Å². The van der Waals surface area contributed by atoms with Gasteiger partial charge in [-0.25, -0.2) is 0 Å². The molecule has 2 heterocycles. The number of rotatable bonds is 5. The fourth-order valence-corrected chi connectivity index (χ4v) is 3.98. The van der Waals surface area contributed by atoms with Crippen molar-refractivity contribution < 1.29 is 13.2 Å². The Morgan fingerprint density at radius 2 is 1.48 bits per heavy atom. The Balaban J connectivity index is 2.18. The smallest absolute Gasteiger partial charge is 0.295 e. The highest BCUT2D eigenvalue weighted by atomic mass is 19.4. The van der Waals surface area contributed by atoms with Gasteiger partial charge in [0, 0.05) is 56.4 Å². The largest absolute Gasteiger partial charge is 0.401 e.